The third kappa shape index (κ3) is 2.94. The van der Waals surface area contributed by atoms with E-state index in [1.54, 1.807) is 4.90 Å². The van der Waals surface area contributed by atoms with Gasteiger partial charge in [-0.1, -0.05) is 6.92 Å². The van der Waals surface area contributed by atoms with Crippen molar-refractivity contribution in [2.45, 2.75) is 19.8 Å². The Morgan fingerprint density at radius 1 is 1.62 bits per heavy atom. The van der Waals surface area contributed by atoms with Crippen LogP contribution in [-0.4, -0.2) is 30.6 Å². The topological polar surface area (TPSA) is 56.1 Å². The minimum absolute atomic E-state index is 0.102. The lowest BCUT2D eigenvalue weighted by molar-refractivity contribution is 0.175. The van der Waals surface area contributed by atoms with E-state index in [2.05, 4.69) is 12.2 Å². The van der Waals surface area contributed by atoms with Gasteiger partial charge in [-0.05, 0) is 18.8 Å². The highest BCUT2D eigenvalue weighted by molar-refractivity contribution is 5.74. The van der Waals surface area contributed by atoms with Gasteiger partial charge in [0.25, 0.3) is 0 Å². The Morgan fingerprint density at radius 3 is 2.77 bits per heavy atom. The Bertz CT molecular complexity index is 213. The van der Waals surface area contributed by atoms with Crippen molar-refractivity contribution in [3.63, 3.8) is 0 Å². The van der Waals surface area contributed by atoms with Crippen molar-refractivity contribution >= 4 is 6.03 Å². The van der Waals surface area contributed by atoms with Crippen molar-refractivity contribution in [3.05, 3.63) is 0 Å². The van der Waals surface area contributed by atoms with Crippen LogP contribution in [0.3, 0.4) is 0 Å². The summed E-state index contributed by atoms with van der Waals surface area (Å²) in [5.74, 6) is 0.722. The van der Waals surface area contributed by atoms with E-state index in [1.165, 1.54) is 0 Å². The average Bonchev–Trinajstić information content (AvgIpc) is 2.15. The van der Waals surface area contributed by atoms with Gasteiger partial charge in [-0.15, -0.1) is 0 Å². The minimum atomic E-state index is -0.103. The second kappa shape index (κ2) is 4.70. The fourth-order valence-corrected chi connectivity index (χ4v) is 1.44. The summed E-state index contributed by atoms with van der Waals surface area (Å²) in [5, 5.41) is 10.8. The third-order valence-electron chi connectivity index (χ3n) is 2.39. The number of nitriles is 1. The lowest BCUT2D eigenvalue weighted by Crippen LogP contribution is -2.44. The number of urea groups is 1. The first-order chi connectivity index (χ1) is 6.24. The van der Waals surface area contributed by atoms with Gasteiger partial charge in [0.15, 0.2) is 0 Å². The maximum absolute atomic E-state index is 11.3. The molecule has 0 radical (unpaired) electrons. The Kier molecular flexibility index (Phi) is 3.56. The van der Waals surface area contributed by atoms with Crippen LogP contribution in [0.1, 0.15) is 19.8 Å². The number of hydrogen-bond donors (Lipinski definition) is 1. The van der Waals surface area contributed by atoms with E-state index in [1.807, 2.05) is 6.07 Å². The normalized spacial score (nSPS) is 18.0. The fourth-order valence-electron chi connectivity index (χ4n) is 1.44. The molecule has 1 rings (SSSR count). The Morgan fingerprint density at radius 2 is 2.23 bits per heavy atom. The molecule has 0 aromatic carbocycles. The summed E-state index contributed by atoms with van der Waals surface area (Å²) in [5.41, 5.74) is 0. The van der Waals surface area contributed by atoms with E-state index in [4.69, 9.17) is 5.26 Å². The van der Waals surface area contributed by atoms with Crippen molar-refractivity contribution in [3.8, 4) is 6.07 Å². The van der Waals surface area contributed by atoms with Gasteiger partial charge in [0.1, 0.15) is 6.54 Å². The summed E-state index contributed by atoms with van der Waals surface area (Å²) in [6.45, 7) is 3.94. The van der Waals surface area contributed by atoms with Crippen LogP contribution < -0.4 is 5.32 Å². The number of nitrogens with zero attached hydrogens (tertiary/aromatic N) is 2. The first kappa shape index (κ1) is 9.85. The molecule has 0 bridgehead atoms. The molecule has 1 aliphatic rings. The molecule has 1 aliphatic heterocycles. The highest BCUT2D eigenvalue weighted by Crippen LogP contribution is 2.15. The number of rotatable bonds is 1. The van der Waals surface area contributed by atoms with Gasteiger partial charge in [0.05, 0.1) is 6.07 Å². The highest BCUT2D eigenvalue weighted by atomic mass is 16.2. The van der Waals surface area contributed by atoms with Crippen LogP contribution in [0.15, 0.2) is 0 Å². The number of amides is 2. The molecule has 0 aliphatic carbocycles. The summed E-state index contributed by atoms with van der Waals surface area (Å²) in [6, 6.07) is 1.78. The van der Waals surface area contributed by atoms with Crippen LogP contribution in [0.4, 0.5) is 4.79 Å². The third-order valence-corrected chi connectivity index (χ3v) is 2.39. The lowest BCUT2D eigenvalue weighted by atomic mass is 10.00. The zero-order valence-corrected chi connectivity index (χ0v) is 7.92. The molecule has 1 N–H and O–H groups in total. The molecular weight excluding hydrogens is 166 g/mol. The monoisotopic (exact) mass is 181 g/mol. The number of nitrogens with one attached hydrogen (secondary N) is 1. The summed E-state index contributed by atoms with van der Waals surface area (Å²) in [4.78, 5) is 13.1. The van der Waals surface area contributed by atoms with Crippen LogP contribution in [-0.2, 0) is 0 Å². The van der Waals surface area contributed by atoms with Crippen molar-refractivity contribution in [1.29, 1.82) is 5.26 Å². The molecule has 4 nitrogen and oxygen atoms in total. The molecule has 0 spiro atoms. The number of hydrogen-bond acceptors (Lipinski definition) is 2. The molecule has 0 unspecified atom stereocenters. The maximum Gasteiger partial charge on any atom is 0.318 e. The lowest BCUT2D eigenvalue weighted by Gasteiger charge is -2.29. The van der Waals surface area contributed by atoms with E-state index in [9.17, 15) is 4.79 Å². The van der Waals surface area contributed by atoms with Crippen molar-refractivity contribution in [2.75, 3.05) is 19.6 Å². The van der Waals surface area contributed by atoms with Crippen LogP contribution in [0, 0.1) is 17.2 Å². The summed E-state index contributed by atoms with van der Waals surface area (Å²) >= 11 is 0. The fraction of sp³-hybridized carbons (Fsp3) is 0.778. The standard InChI is InChI=1S/C9H15N3O/c1-8-2-6-12(7-3-8)9(13)11-5-4-10/h8H,2-3,5-7H2,1H3,(H,11,13). The average molecular weight is 181 g/mol. The zero-order valence-electron chi connectivity index (χ0n) is 7.92. The zero-order chi connectivity index (χ0) is 9.68. The SMILES string of the molecule is CC1CCN(C(=O)NCC#N)CC1. The van der Waals surface area contributed by atoms with Crippen LogP contribution in [0.2, 0.25) is 0 Å². The Hall–Kier alpha value is -1.24. The molecule has 0 aromatic rings. The Labute approximate surface area is 78.5 Å². The van der Waals surface area contributed by atoms with E-state index >= 15 is 0 Å². The summed E-state index contributed by atoms with van der Waals surface area (Å²) in [7, 11) is 0. The smallest absolute Gasteiger partial charge is 0.318 e. The first-order valence-corrected chi connectivity index (χ1v) is 4.63. The number of piperidine rings is 1. The van der Waals surface area contributed by atoms with E-state index in [-0.39, 0.29) is 12.6 Å². The van der Waals surface area contributed by atoms with Crippen molar-refractivity contribution in [1.82, 2.24) is 10.2 Å². The van der Waals surface area contributed by atoms with Crippen LogP contribution in [0.5, 0.6) is 0 Å². The summed E-state index contributed by atoms with van der Waals surface area (Å²) < 4.78 is 0. The maximum atomic E-state index is 11.3. The second-order valence-corrected chi connectivity index (χ2v) is 3.49. The quantitative estimate of drug-likeness (QED) is 0.612. The van der Waals surface area contributed by atoms with Crippen LogP contribution >= 0.6 is 0 Å². The molecule has 2 amide bonds. The van der Waals surface area contributed by atoms with Crippen LogP contribution in [0.25, 0.3) is 0 Å². The molecule has 0 saturated carbocycles. The van der Waals surface area contributed by atoms with Gasteiger partial charge in [-0.2, -0.15) is 5.26 Å². The molecule has 0 atom stereocenters. The van der Waals surface area contributed by atoms with Gasteiger partial charge in [-0.3, -0.25) is 0 Å². The van der Waals surface area contributed by atoms with E-state index < -0.39 is 0 Å². The highest BCUT2D eigenvalue weighted by Gasteiger charge is 2.19. The predicted octanol–water partition coefficient (Wildman–Crippen LogP) is 0.951. The number of carbonyl (C=O) groups excluding carboxylic acids is 1. The molecule has 0 aromatic heterocycles. The predicted molar refractivity (Wildman–Crippen MR) is 49.0 cm³/mol. The first-order valence-electron chi connectivity index (χ1n) is 4.63. The molecule has 1 heterocycles. The molecule has 1 saturated heterocycles. The largest absolute Gasteiger partial charge is 0.325 e. The Balaban J connectivity index is 2.28. The minimum Gasteiger partial charge on any atom is -0.325 e. The summed E-state index contributed by atoms with van der Waals surface area (Å²) in [6.07, 6.45) is 2.14. The van der Waals surface area contributed by atoms with Crippen molar-refractivity contribution in [2.24, 2.45) is 5.92 Å². The molecule has 72 valence electrons. The van der Waals surface area contributed by atoms with Gasteiger partial charge >= 0.3 is 6.03 Å². The van der Waals surface area contributed by atoms with Gasteiger partial charge in [0.2, 0.25) is 0 Å². The molecular formula is C9H15N3O. The molecule has 1 fully saturated rings. The molecule has 4 heteroatoms. The van der Waals surface area contributed by atoms with Gasteiger partial charge in [0, 0.05) is 13.1 Å². The van der Waals surface area contributed by atoms with E-state index in [0.717, 1.165) is 31.8 Å². The van der Waals surface area contributed by atoms with E-state index in [0.29, 0.717) is 0 Å². The molecule has 13 heavy (non-hydrogen) atoms. The van der Waals surface area contributed by atoms with Gasteiger partial charge < -0.3 is 10.2 Å². The number of carbonyl (C=O) groups is 1. The van der Waals surface area contributed by atoms with Crippen molar-refractivity contribution < 1.29 is 4.79 Å². The number of likely N-dealkylation sites (tertiary alicyclic amines) is 1. The second-order valence-electron chi connectivity index (χ2n) is 3.49. The van der Waals surface area contributed by atoms with Gasteiger partial charge in [-0.25, -0.2) is 4.79 Å².